The molecule has 0 aliphatic carbocycles. The van der Waals surface area contributed by atoms with E-state index in [9.17, 15) is 0 Å². The topological polar surface area (TPSA) is 69.6 Å². The van der Waals surface area contributed by atoms with Crippen LogP contribution in [0.4, 0.5) is 0 Å². The molecule has 0 N–H and O–H groups in total. The van der Waals surface area contributed by atoms with Crippen molar-refractivity contribution < 1.29 is 4.52 Å². The molecule has 0 saturated carbocycles. The number of nitrogens with zero attached hydrogens (tertiary/aromatic N) is 5. The molecule has 0 radical (unpaired) electrons. The van der Waals surface area contributed by atoms with Crippen molar-refractivity contribution in [2.45, 2.75) is 13.8 Å². The summed E-state index contributed by atoms with van der Waals surface area (Å²) in [6.07, 6.45) is 0. The average Bonchev–Trinajstić information content (AvgIpc) is 2.95. The molecule has 0 spiro atoms. The molecule has 1 aromatic carbocycles. The van der Waals surface area contributed by atoms with E-state index in [1.807, 2.05) is 25.1 Å². The first kappa shape index (κ1) is 11.9. The minimum Gasteiger partial charge on any atom is -0.332 e. The molecule has 0 atom stereocenters. The fourth-order valence-corrected chi connectivity index (χ4v) is 1.96. The van der Waals surface area contributed by atoms with Gasteiger partial charge in [-0.3, -0.25) is 0 Å². The van der Waals surface area contributed by atoms with Crippen LogP contribution in [-0.4, -0.2) is 25.1 Å². The number of halogens is 1. The molecule has 0 aliphatic rings. The molecule has 0 bridgehead atoms. The summed E-state index contributed by atoms with van der Waals surface area (Å²) in [6, 6.07) is 7.37. The van der Waals surface area contributed by atoms with Crippen LogP contribution in [-0.2, 0) is 0 Å². The Morgan fingerprint density at radius 1 is 1.26 bits per heavy atom. The zero-order valence-electron chi connectivity index (χ0n) is 10.3. The van der Waals surface area contributed by atoms with Crippen LogP contribution in [0.2, 0.25) is 5.02 Å². The lowest BCUT2D eigenvalue weighted by Crippen LogP contribution is -1.98. The van der Waals surface area contributed by atoms with Crippen molar-refractivity contribution in [3.05, 3.63) is 40.8 Å². The highest BCUT2D eigenvalue weighted by molar-refractivity contribution is 6.30. The number of rotatable bonds is 2. The zero-order chi connectivity index (χ0) is 13.4. The molecule has 0 aliphatic heterocycles. The quantitative estimate of drug-likeness (QED) is 0.719. The second kappa shape index (κ2) is 4.47. The van der Waals surface area contributed by atoms with E-state index in [0.29, 0.717) is 22.4 Å². The van der Waals surface area contributed by atoms with Crippen LogP contribution < -0.4 is 0 Å². The van der Waals surface area contributed by atoms with Crippen molar-refractivity contribution in [1.29, 1.82) is 0 Å². The van der Waals surface area contributed by atoms with Gasteiger partial charge in [0.1, 0.15) is 0 Å². The van der Waals surface area contributed by atoms with E-state index in [4.69, 9.17) is 16.1 Å². The van der Waals surface area contributed by atoms with Crippen molar-refractivity contribution in [2.75, 3.05) is 0 Å². The molecular formula is C12H10ClN5O. The van der Waals surface area contributed by atoms with Gasteiger partial charge in [0.2, 0.25) is 0 Å². The van der Waals surface area contributed by atoms with Gasteiger partial charge in [-0.2, -0.15) is 4.98 Å². The van der Waals surface area contributed by atoms with Gasteiger partial charge in [0.25, 0.3) is 5.89 Å². The first-order valence-corrected chi connectivity index (χ1v) is 6.02. The highest BCUT2D eigenvalue weighted by atomic mass is 35.5. The van der Waals surface area contributed by atoms with Crippen LogP contribution in [0.5, 0.6) is 0 Å². The normalized spacial score (nSPS) is 10.9. The summed E-state index contributed by atoms with van der Waals surface area (Å²) >= 11 is 5.97. The molecule has 3 rings (SSSR count). The van der Waals surface area contributed by atoms with Gasteiger partial charge in [-0.15, -0.1) is 5.10 Å². The summed E-state index contributed by atoms with van der Waals surface area (Å²) in [5.41, 5.74) is 2.21. The lowest BCUT2D eigenvalue weighted by molar-refractivity contribution is 0.424. The third-order valence-electron chi connectivity index (χ3n) is 2.68. The molecular weight excluding hydrogens is 266 g/mol. The highest BCUT2D eigenvalue weighted by Crippen LogP contribution is 2.22. The molecule has 0 saturated heterocycles. The first-order valence-electron chi connectivity index (χ1n) is 5.64. The third-order valence-corrected chi connectivity index (χ3v) is 2.91. The number of aromatic nitrogens is 5. The Balaban J connectivity index is 2.08. The predicted molar refractivity (Wildman–Crippen MR) is 69.1 cm³/mol. The number of benzene rings is 1. The fraction of sp³-hybridized carbons (Fsp3) is 0.167. The van der Waals surface area contributed by atoms with Gasteiger partial charge < -0.3 is 4.52 Å². The molecule has 0 fully saturated rings. The molecule has 7 heteroatoms. The van der Waals surface area contributed by atoms with Crippen LogP contribution in [0.25, 0.3) is 17.3 Å². The molecule has 0 unspecified atom stereocenters. The third kappa shape index (κ3) is 2.10. The summed E-state index contributed by atoms with van der Waals surface area (Å²) in [6.45, 7) is 3.64. The summed E-state index contributed by atoms with van der Waals surface area (Å²) in [7, 11) is 0. The maximum absolute atomic E-state index is 5.97. The van der Waals surface area contributed by atoms with Crippen LogP contribution in [0.1, 0.15) is 11.5 Å². The Morgan fingerprint density at radius 2 is 2.11 bits per heavy atom. The number of aryl methyl sites for hydroxylation is 1. The van der Waals surface area contributed by atoms with E-state index in [1.54, 1.807) is 17.7 Å². The van der Waals surface area contributed by atoms with Crippen molar-refractivity contribution in [1.82, 2.24) is 25.1 Å². The fourth-order valence-electron chi connectivity index (χ4n) is 1.77. The average molecular weight is 276 g/mol. The monoisotopic (exact) mass is 275 g/mol. The Kier molecular flexibility index (Phi) is 2.79. The lowest BCUT2D eigenvalue weighted by atomic mass is 10.3. The summed E-state index contributed by atoms with van der Waals surface area (Å²) < 4.78 is 6.78. The van der Waals surface area contributed by atoms with Gasteiger partial charge in [0.05, 0.1) is 11.4 Å². The second-order valence-corrected chi connectivity index (χ2v) is 4.50. The number of hydrogen-bond acceptors (Lipinski definition) is 5. The summed E-state index contributed by atoms with van der Waals surface area (Å²) in [4.78, 5) is 4.15. The molecule has 0 amide bonds. The first-order chi connectivity index (χ1) is 9.15. The standard InChI is InChI=1S/C12H10ClN5O/c1-7-11(12-14-8(2)16-19-12)15-17-18(7)10-5-3-4-9(13)6-10/h3-6H,1-2H3. The summed E-state index contributed by atoms with van der Waals surface area (Å²) in [5, 5.41) is 12.6. The Morgan fingerprint density at radius 3 is 2.79 bits per heavy atom. The lowest BCUT2D eigenvalue weighted by Gasteiger charge is -2.02. The molecule has 2 heterocycles. The van der Waals surface area contributed by atoms with Gasteiger partial charge in [-0.05, 0) is 32.0 Å². The largest absolute Gasteiger partial charge is 0.332 e. The van der Waals surface area contributed by atoms with Gasteiger partial charge in [-0.1, -0.05) is 28.0 Å². The number of hydrogen-bond donors (Lipinski definition) is 0. The van der Waals surface area contributed by atoms with Gasteiger partial charge in [0.15, 0.2) is 11.5 Å². The minimum absolute atomic E-state index is 0.364. The maximum Gasteiger partial charge on any atom is 0.280 e. The van der Waals surface area contributed by atoms with Gasteiger partial charge in [-0.25, -0.2) is 4.68 Å². The molecule has 19 heavy (non-hydrogen) atoms. The summed E-state index contributed by atoms with van der Waals surface area (Å²) in [5.74, 6) is 0.926. The van der Waals surface area contributed by atoms with E-state index in [2.05, 4.69) is 20.5 Å². The van der Waals surface area contributed by atoms with E-state index in [-0.39, 0.29) is 0 Å². The zero-order valence-corrected chi connectivity index (χ0v) is 11.1. The van der Waals surface area contributed by atoms with E-state index < -0.39 is 0 Å². The smallest absolute Gasteiger partial charge is 0.280 e. The van der Waals surface area contributed by atoms with E-state index in [0.717, 1.165) is 11.4 Å². The SMILES string of the molecule is Cc1noc(-c2nnn(-c3cccc(Cl)c3)c2C)n1. The molecule has 2 aromatic heterocycles. The second-order valence-electron chi connectivity index (χ2n) is 4.06. The predicted octanol–water partition coefficient (Wildman–Crippen LogP) is 2.59. The van der Waals surface area contributed by atoms with Gasteiger partial charge >= 0.3 is 0 Å². The van der Waals surface area contributed by atoms with Crippen LogP contribution in [0.15, 0.2) is 28.8 Å². The maximum atomic E-state index is 5.97. The molecule has 96 valence electrons. The molecule has 6 nitrogen and oxygen atoms in total. The van der Waals surface area contributed by atoms with Crippen LogP contribution in [0, 0.1) is 13.8 Å². The highest BCUT2D eigenvalue weighted by Gasteiger charge is 2.17. The minimum atomic E-state index is 0.364. The Bertz CT molecular complexity index is 733. The van der Waals surface area contributed by atoms with Crippen LogP contribution in [0.3, 0.4) is 0 Å². The van der Waals surface area contributed by atoms with Crippen molar-refractivity contribution in [2.24, 2.45) is 0 Å². The van der Waals surface area contributed by atoms with Crippen molar-refractivity contribution in [3.8, 4) is 17.3 Å². The van der Waals surface area contributed by atoms with Crippen LogP contribution >= 0.6 is 11.6 Å². The Hall–Kier alpha value is -2.21. The Labute approximate surface area is 114 Å². The van der Waals surface area contributed by atoms with E-state index in [1.165, 1.54) is 0 Å². The van der Waals surface area contributed by atoms with E-state index >= 15 is 0 Å². The van der Waals surface area contributed by atoms with Gasteiger partial charge in [0, 0.05) is 5.02 Å². The van der Waals surface area contributed by atoms with Crippen molar-refractivity contribution in [3.63, 3.8) is 0 Å². The van der Waals surface area contributed by atoms with Crippen molar-refractivity contribution >= 4 is 11.6 Å². The molecule has 3 aromatic rings.